The fourth-order valence-corrected chi connectivity index (χ4v) is 3.52. The molecule has 33 heavy (non-hydrogen) atoms. The Morgan fingerprint density at radius 3 is 0.970 bits per heavy atom. The van der Waals surface area contributed by atoms with Crippen LogP contribution in [-0.2, 0) is 9.59 Å². The van der Waals surface area contributed by atoms with Crippen molar-refractivity contribution in [2.45, 2.75) is 11.8 Å². The third kappa shape index (κ3) is 7.43. The maximum atomic E-state index is 11.3. The fourth-order valence-electron chi connectivity index (χ4n) is 3.52. The zero-order valence-electron chi connectivity index (χ0n) is 18.4. The van der Waals surface area contributed by atoms with Gasteiger partial charge in [0.25, 0.3) is 0 Å². The number of rotatable bonds is 6. The van der Waals surface area contributed by atoms with Crippen LogP contribution in [0.2, 0.25) is 0 Å². The van der Waals surface area contributed by atoms with Crippen LogP contribution in [0.5, 0.6) is 0 Å². The van der Waals surface area contributed by atoms with Crippen LogP contribution in [0.15, 0.2) is 121 Å². The molecule has 0 amide bonds. The van der Waals surface area contributed by atoms with E-state index in [-0.39, 0.29) is 29.6 Å². The molecule has 0 saturated heterocycles. The second kappa shape index (κ2) is 13.4. The van der Waals surface area contributed by atoms with Crippen molar-refractivity contribution in [3.05, 3.63) is 144 Å². The van der Waals surface area contributed by atoms with Gasteiger partial charge in [0.05, 0.1) is 5.97 Å². The Labute approximate surface area is 215 Å². The van der Waals surface area contributed by atoms with Crippen LogP contribution in [-0.4, -0.2) is 17.0 Å². The molecule has 0 aliphatic rings. The van der Waals surface area contributed by atoms with E-state index in [1.165, 1.54) is 0 Å². The normalized spacial score (nSPS) is 10.0. The summed E-state index contributed by atoms with van der Waals surface area (Å²) in [6.45, 7) is 0. The number of carbonyl (C=O) groups is 2. The van der Waals surface area contributed by atoms with E-state index in [1.54, 1.807) is 24.3 Å². The summed E-state index contributed by atoms with van der Waals surface area (Å²) in [5, 5.41) is 20.5. The number of hydrogen-bond acceptors (Lipinski definition) is 3. The van der Waals surface area contributed by atoms with Crippen molar-refractivity contribution < 1.29 is 49.4 Å². The minimum absolute atomic E-state index is 0. The van der Waals surface area contributed by atoms with Crippen LogP contribution >= 0.6 is 0 Å². The third-order valence-corrected chi connectivity index (χ3v) is 5.01. The average molecular weight is 446 g/mol. The molecule has 0 radical (unpaired) electrons. The van der Waals surface area contributed by atoms with E-state index in [4.69, 9.17) is 0 Å². The number of aliphatic carboxylic acids is 2. The van der Waals surface area contributed by atoms with Crippen molar-refractivity contribution in [2.75, 3.05) is 0 Å². The Bertz CT molecular complexity index is 946. The molecule has 4 aromatic rings. The maximum Gasteiger partial charge on any atom is 1.00 e. The predicted octanol–water partition coefficient (Wildman–Crippen LogP) is 1.48. The van der Waals surface area contributed by atoms with Crippen molar-refractivity contribution in [2.24, 2.45) is 0 Å². The first-order valence-electron chi connectivity index (χ1n) is 10.2. The van der Waals surface area contributed by atoms with Gasteiger partial charge in [-0.15, -0.1) is 0 Å². The molecule has 4 aromatic carbocycles. The first-order chi connectivity index (χ1) is 15.6. The third-order valence-electron chi connectivity index (χ3n) is 5.01. The first kappa shape index (κ1) is 26.1. The van der Waals surface area contributed by atoms with Crippen LogP contribution in [0.1, 0.15) is 34.1 Å². The molecule has 1 N–H and O–H groups in total. The van der Waals surface area contributed by atoms with Crippen molar-refractivity contribution in [1.29, 1.82) is 0 Å². The van der Waals surface area contributed by atoms with Gasteiger partial charge in [-0.3, -0.25) is 4.79 Å². The molecule has 0 aliphatic carbocycles. The van der Waals surface area contributed by atoms with E-state index in [9.17, 15) is 19.8 Å². The molecule has 4 rings (SSSR count). The van der Waals surface area contributed by atoms with Gasteiger partial charge < -0.3 is 15.0 Å². The number of carboxylic acid groups (broad SMARTS) is 2. The van der Waals surface area contributed by atoms with E-state index in [0.717, 1.165) is 22.3 Å². The molecule has 0 unspecified atom stereocenters. The Hall–Kier alpha value is -3.18. The second-order valence-corrected chi connectivity index (χ2v) is 7.17. The molecule has 5 heteroatoms. The molecule has 0 bridgehead atoms. The topological polar surface area (TPSA) is 77.4 Å². The average Bonchev–Trinajstić information content (AvgIpc) is 2.82. The van der Waals surface area contributed by atoms with Crippen LogP contribution in [0.3, 0.4) is 0 Å². The Morgan fingerprint density at radius 1 is 0.515 bits per heavy atom. The fraction of sp³-hybridized carbons (Fsp3) is 0.0714. The van der Waals surface area contributed by atoms with Gasteiger partial charge in [-0.05, 0) is 22.3 Å². The van der Waals surface area contributed by atoms with E-state index in [0.29, 0.717) is 0 Å². The Morgan fingerprint density at radius 2 is 0.758 bits per heavy atom. The summed E-state index contributed by atoms with van der Waals surface area (Å²) < 4.78 is 0. The van der Waals surface area contributed by atoms with E-state index >= 15 is 0 Å². The summed E-state index contributed by atoms with van der Waals surface area (Å²) in [5.41, 5.74) is 3.10. The van der Waals surface area contributed by atoms with Gasteiger partial charge in [-0.25, -0.2) is 0 Å². The van der Waals surface area contributed by atoms with Crippen LogP contribution in [0.25, 0.3) is 0 Å². The van der Waals surface area contributed by atoms with Gasteiger partial charge in [-0.2, -0.15) is 0 Å². The zero-order chi connectivity index (χ0) is 22.8. The predicted molar refractivity (Wildman–Crippen MR) is 122 cm³/mol. The van der Waals surface area contributed by atoms with Gasteiger partial charge in [0, 0.05) is 5.92 Å². The van der Waals surface area contributed by atoms with Crippen molar-refractivity contribution in [1.82, 2.24) is 0 Å². The molecule has 0 aliphatic heterocycles. The molecule has 0 saturated carbocycles. The molecule has 0 heterocycles. The summed E-state index contributed by atoms with van der Waals surface area (Å²) in [6.07, 6.45) is 0. The summed E-state index contributed by atoms with van der Waals surface area (Å²) in [4.78, 5) is 22.5. The van der Waals surface area contributed by atoms with Crippen LogP contribution in [0.4, 0.5) is 0 Å². The molecule has 0 spiro atoms. The van der Waals surface area contributed by atoms with Gasteiger partial charge in [0.15, 0.2) is 0 Å². The number of hydrogen-bond donors (Lipinski definition) is 1. The van der Waals surface area contributed by atoms with Gasteiger partial charge >= 0.3 is 35.5 Å². The molecule has 0 aromatic heterocycles. The summed E-state index contributed by atoms with van der Waals surface area (Å²) in [7, 11) is 0. The molecular weight excluding hydrogens is 423 g/mol. The van der Waals surface area contributed by atoms with Crippen molar-refractivity contribution in [3.8, 4) is 0 Å². The van der Waals surface area contributed by atoms with Crippen LogP contribution < -0.4 is 34.7 Å². The van der Waals surface area contributed by atoms with Crippen molar-refractivity contribution in [3.63, 3.8) is 0 Å². The monoisotopic (exact) mass is 446 g/mol. The standard InChI is InChI=1S/2C14H12O2.Na/c2*15-14(16)13(11-7-3-1-4-8-11)12-9-5-2-6-10-12;/h2*1-10,13H,(H,15,16);/q;;+1/p-1. The van der Waals surface area contributed by atoms with Gasteiger partial charge in [0.2, 0.25) is 0 Å². The quantitative estimate of drug-likeness (QED) is 0.455. The first-order valence-corrected chi connectivity index (χ1v) is 10.2. The maximum absolute atomic E-state index is 11.3. The Kier molecular flexibility index (Phi) is 10.6. The minimum atomic E-state index is -1.07. The van der Waals surface area contributed by atoms with Crippen molar-refractivity contribution >= 4 is 11.9 Å². The molecular formula is C28H23NaO4. The van der Waals surface area contributed by atoms with Crippen LogP contribution in [0, 0.1) is 0 Å². The summed E-state index contributed by atoms with van der Waals surface area (Å²) in [6, 6.07) is 36.8. The number of carboxylic acids is 2. The summed E-state index contributed by atoms with van der Waals surface area (Å²) >= 11 is 0. The minimum Gasteiger partial charge on any atom is -0.549 e. The second-order valence-electron chi connectivity index (χ2n) is 7.17. The Balaban J connectivity index is 0.000000227. The van der Waals surface area contributed by atoms with Gasteiger partial charge in [0.1, 0.15) is 5.92 Å². The number of benzene rings is 4. The van der Waals surface area contributed by atoms with E-state index < -0.39 is 23.8 Å². The van der Waals surface area contributed by atoms with Gasteiger partial charge in [-0.1, -0.05) is 121 Å². The summed E-state index contributed by atoms with van der Waals surface area (Å²) in [5.74, 6) is -3.17. The largest absolute Gasteiger partial charge is 1.00 e. The molecule has 4 nitrogen and oxygen atoms in total. The molecule has 0 fully saturated rings. The van der Waals surface area contributed by atoms with E-state index in [1.807, 2.05) is 97.1 Å². The molecule has 160 valence electrons. The molecule has 0 atom stereocenters. The van der Waals surface area contributed by atoms with E-state index in [2.05, 4.69) is 0 Å². The zero-order valence-corrected chi connectivity index (χ0v) is 20.4. The number of carbonyl (C=O) groups excluding carboxylic acids is 1. The SMILES string of the molecule is O=C(O)C(c1ccccc1)c1ccccc1.O=C([O-])C(c1ccccc1)c1ccccc1.[Na+]. The smallest absolute Gasteiger partial charge is 0.549 e.